The number of rotatable bonds is 1. The first-order chi connectivity index (χ1) is 6.27. The molecule has 0 fully saturated rings. The predicted octanol–water partition coefficient (Wildman–Crippen LogP) is 2.27. The van der Waals surface area contributed by atoms with Gasteiger partial charge in [-0.2, -0.15) is 5.26 Å². The molecule has 0 spiro atoms. The lowest BCUT2D eigenvalue weighted by Gasteiger charge is -1.94. The Balaban J connectivity index is 3.02. The highest BCUT2D eigenvalue weighted by molar-refractivity contribution is 5.59. The third kappa shape index (κ3) is 2.05. The van der Waals surface area contributed by atoms with Crippen LogP contribution in [0, 0.1) is 16.7 Å². The van der Waals surface area contributed by atoms with E-state index in [1.165, 1.54) is 0 Å². The summed E-state index contributed by atoms with van der Waals surface area (Å²) in [6.45, 7) is 0. The molecule has 0 bridgehead atoms. The second-order valence-electron chi connectivity index (χ2n) is 2.32. The van der Waals surface area contributed by atoms with Gasteiger partial charge in [0.05, 0.1) is 11.6 Å². The summed E-state index contributed by atoms with van der Waals surface area (Å²) in [6, 6.07) is 8.21. The smallest absolute Gasteiger partial charge is 0.392 e. The molecule has 1 aromatic rings. The maximum atomic E-state index is 9.21. The summed E-state index contributed by atoms with van der Waals surface area (Å²) in [5.41, 5.74) is 1.01. The topological polar surface area (TPSA) is 72.2 Å². The molecule has 1 N–H and O–H groups in total. The lowest BCUT2D eigenvalue weighted by atomic mass is 10.1. The van der Waals surface area contributed by atoms with E-state index in [4.69, 9.17) is 10.7 Å². The van der Waals surface area contributed by atoms with Crippen LogP contribution in [0.2, 0.25) is 0 Å². The van der Waals surface area contributed by atoms with Crippen molar-refractivity contribution in [2.75, 3.05) is 0 Å². The summed E-state index contributed by atoms with van der Waals surface area (Å²) in [5, 5.41) is 25.8. The predicted molar refractivity (Wildman–Crippen MR) is 46.8 cm³/mol. The van der Waals surface area contributed by atoms with Gasteiger partial charge in [0.1, 0.15) is 0 Å². The van der Waals surface area contributed by atoms with Crippen LogP contribution >= 0.6 is 0 Å². The molecule has 0 aliphatic heterocycles. The van der Waals surface area contributed by atoms with E-state index >= 15 is 0 Å². The fourth-order valence-electron chi connectivity index (χ4n) is 0.845. The summed E-state index contributed by atoms with van der Waals surface area (Å²) in [5.74, 6) is -0.146. The molecule has 4 nitrogen and oxygen atoms in total. The first kappa shape index (κ1) is 8.76. The standard InChI is InChI=1S/C9H5N3O/c10-5-7-1-3-8(4-2-7)9(13)6-12-11/h1-4,6H/p+1. The number of diazo groups is 1. The Kier molecular flexibility index (Phi) is 2.62. The molecule has 0 aromatic heterocycles. The second-order valence-corrected chi connectivity index (χ2v) is 2.32. The Hall–Kier alpha value is -2.33. The van der Waals surface area contributed by atoms with Gasteiger partial charge in [-0.1, -0.05) is 0 Å². The van der Waals surface area contributed by atoms with Crippen molar-refractivity contribution >= 4 is 5.76 Å². The zero-order valence-corrected chi connectivity index (χ0v) is 6.68. The summed E-state index contributed by atoms with van der Waals surface area (Å²) in [6.07, 6.45) is 0.918. The van der Waals surface area contributed by atoms with Crippen LogP contribution in [0.25, 0.3) is 10.7 Å². The van der Waals surface area contributed by atoms with E-state index in [1.54, 1.807) is 24.3 Å². The SMILES string of the molecule is N#Cc1ccc(C(O)=C[N+]#N)cc1. The van der Waals surface area contributed by atoms with Gasteiger partial charge in [-0.3, -0.25) is 0 Å². The highest BCUT2D eigenvalue weighted by Crippen LogP contribution is 2.11. The number of nitriles is 1. The summed E-state index contributed by atoms with van der Waals surface area (Å²) in [7, 11) is 0. The molecule has 0 radical (unpaired) electrons. The highest BCUT2D eigenvalue weighted by Gasteiger charge is 2.02. The summed E-state index contributed by atoms with van der Waals surface area (Å²) >= 11 is 0. The zero-order chi connectivity index (χ0) is 9.68. The normalized spacial score (nSPS) is 10.2. The van der Waals surface area contributed by atoms with Gasteiger partial charge >= 0.3 is 6.20 Å². The van der Waals surface area contributed by atoms with Crippen LogP contribution in [0.4, 0.5) is 0 Å². The summed E-state index contributed by atoms with van der Waals surface area (Å²) < 4.78 is 0. The van der Waals surface area contributed by atoms with Gasteiger partial charge in [-0.15, -0.1) is 0 Å². The molecule has 62 valence electrons. The van der Waals surface area contributed by atoms with Gasteiger partial charge < -0.3 is 5.11 Å². The van der Waals surface area contributed by atoms with Crippen molar-refractivity contribution in [2.24, 2.45) is 0 Å². The third-order valence-corrected chi connectivity index (χ3v) is 1.49. The molecular formula is C9H6N3O+. The Morgan fingerprint density at radius 3 is 2.46 bits per heavy atom. The number of aliphatic hydroxyl groups excluding tert-OH is 1. The molecule has 0 atom stereocenters. The van der Waals surface area contributed by atoms with Gasteiger partial charge in [0.15, 0.2) is 4.98 Å². The maximum absolute atomic E-state index is 9.21. The van der Waals surface area contributed by atoms with Gasteiger partial charge in [0.2, 0.25) is 11.2 Å². The number of aliphatic hydroxyl groups is 1. The number of hydrogen-bond donors (Lipinski definition) is 1. The molecule has 13 heavy (non-hydrogen) atoms. The minimum atomic E-state index is -0.146. The van der Waals surface area contributed by atoms with E-state index in [-0.39, 0.29) is 5.76 Å². The van der Waals surface area contributed by atoms with E-state index in [1.807, 2.05) is 6.07 Å². The van der Waals surface area contributed by atoms with E-state index in [0.29, 0.717) is 11.1 Å². The largest absolute Gasteiger partial charge is 0.501 e. The average molecular weight is 172 g/mol. The monoisotopic (exact) mass is 172 g/mol. The van der Waals surface area contributed by atoms with Gasteiger partial charge in [0.25, 0.3) is 0 Å². The van der Waals surface area contributed by atoms with Crippen LogP contribution in [-0.4, -0.2) is 5.11 Å². The highest BCUT2D eigenvalue weighted by atomic mass is 16.3. The van der Waals surface area contributed by atoms with Crippen LogP contribution in [0.5, 0.6) is 0 Å². The Morgan fingerprint density at radius 1 is 1.38 bits per heavy atom. The molecule has 0 saturated carbocycles. The number of hydrogen-bond acceptors (Lipinski definition) is 3. The minimum absolute atomic E-state index is 0.146. The van der Waals surface area contributed by atoms with Gasteiger partial charge in [0, 0.05) is 5.56 Å². The van der Waals surface area contributed by atoms with E-state index in [0.717, 1.165) is 6.20 Å². The Morgan fingerprint density at radius 2 is 2.00 bits per heavy atom. The second kappa shape index (κ2) is 3.89. The Bertz CT molecular complexity index is 406. The molecule has 0 unspecified atom stereocenters. The first-order valence-corrected chi connectivity index (χ1v) is 3.52. The number of nitrogens with zero attached hydrogens (tertiary/aromatic N) is 3. The minimum Gasteiger partial charge on any atom is -0.501 e. The lowest BCUT2D eigenvalue weighted by Crippen LogP contribution is -1.82. The van der Waals surface area contributed by atoms with Crippen molar-refractivity contribution in [3.05, 3.63) is 46.6 Å². The molecule has 4 heteroatoms. The molecule has 0 heterocycles. The van der Waals surface area contributed by atoms with Crippen LogP contribution in [0.3, 0.4) is 0 Å². The molecule has 0 saturated heterocycles. The van der Waals surface area contributed by atoms with Gasteiger partial charge in [-0.05, 0) is 24.3 Å². The zero-order valence-electron chi connectivity index (χ0n) is 6.68. The summed E-state index contributed by atoms with van der Waals surface area (Å²) in [4.78, 5) is 2.68. The van der Waals surface area contributed by atoms with E-state index in [9.17, 15) is 5.11 Å². The molecular weight excluding hydrogens is 166 g/mol. The van der Waals surface area contributed by atoms with Crippen LogP contribution in [0.1, 0.15) is 11.1 Å². The maximum Gasteiger partial charge on any atom is 0.392 e. The lowest BCUT2D eigenvalue weighted by molar-refractivity contribution is 0.511. The molecule has 0 amide bonds. The van der Waals surface area contributed by atoms with Crippen LogP contribution in [-0.2, 0) is 0 Å². The molecule has 1 rings (SSSR count). The van der Waals surface area contributed by atoms with Gasteiger partial charge in [-0.25, -0.2) is 0 Å². The van der Waals surface area contributed by atoms with E-state index < -0.39 is 0 Å². The molecule has 0 aliphatic rings. The van der Waals surface area contributed by atoms with Crippen molar-refractivity contribution in [3.8, 4) is 6.07 Å². The van der Waals surface area contributed by atoms with Crippen LogP contribution < -0.4 is 0 Å². The van der Waals surface area contributed by atoms with Crippen molar-refractivity contribution in [3.63, 3.8) is 0 Å². The van der Waals surface area contributed by atoms with Crippen LogP contribution in [0.15, 0.2) is 30.5 Å². The molecule has 0 aliphatic carbocycles. The van der Waals surface area contributed by atoms with Crippen molar-refractivity contribution in [1.29, 1.82) is 10.7 Å². The van der Waals surface area contributed by atoms with Crippen molar-refractivity contribution in [2.45, 2.75) is 0 Å². The fourth-order valence-corrected chi connectivity index (χ4v) is 0.845. The fraction of sp³-hybridized carbons (Fsp3) is 0. The average Bonchev–Trinajstić information content (AvgIpc) is 2.18. The first-order valence-electron chi connectivity index (χ1n) is 3.52. The molecule has 1 aromatic carbocycles. The Labute approximate surface area is 75.0 Å². The van der Waals surface area contributed by atoms with Crippen molar-refractivity contribution in [1.82, 2.24) is 0 Å². The third-order valence-electron chi connectivity index (χ3n) is 1.49. The van der Waals surface area contributed by atoms with Crippen molar-refractivity contribution < 1.29 is 5.11 Å². The van der Waals surface area contributed by atoms with E-state index in [2.05, 4.69) is 4.98 Å². The quantitative estimate of drug-likeness (QED) is 0.521. The number of benzene rings is 1.